The van der Waals surface area contributed by atoms with Crippen molar-refractivity contribution < 1.29 is 18.3 Å². The SMILES string of the molecule is CCN1CCC(Nc2cccc3c(CC(F)F)c(C#CCNc4ccc(C(=O)NC)cc4OC)sc23)CC1. The van der Waals surface area contributed by atoms with Crippen molar-refractivity contribution in [3.63, 3.8) is 0 Å². The maximum Gasteiger partial charge on any atom is 0.251 e. The van der Waals surface area contributed by atoms with Crippen LogP contribution >= 0.6 is 11.3 Å². The van der Waals surface area contributed by atoms with E-state index in [0.29, 0.717) is 40.0 Å². The van der Waals surface area contributed by atoms with Crippen LogP contribution in [-0.2, 0) is 6.42 Å². The first-order chi connectivity index (χ1) is 18.4. The number of piperidine rings is 1. The van der Waals surface area contributed by atoms with Gasteiger partial charge in [0.15, 0.2) is 0 Å². The van der Waals surface area contributed by atoms with E-state index < -0.39 is 6.43 Å². The molecule has 1 aliphatic rings. The summed E-state index contributed by atoms with van der Waals surface area (Å²) in [7, 11) is 3.11. The number of carbonyl (C=O) groups excluding carboxylic acids is 1. The third kappa shape index (κ3) is 6.55. The minimum Gasteiger partial charge on any atom is -0.495 e. The van der Waals surface area contributed by atoms with Crippen LogP contribution in [0, 0.1) is 11.8 Å². The molecule has 1 saturated heterocycles. The number of nitrogens with one attached hydrogen (secondary N) is 3. The molecule has 0 aliphatic carbocycles. The molecule has 0 unspecified atom stereocenters. The number of likely N-dealkylation sites (tertiary alicyclic amines) is 1. The van der Waals surface area contributed by atoms with E-state index in [4.69, 9.17) is 4.74 Å². The summed E-state index contributed by atoms with van der Waals surface area (Å²) >= 11 is 1.47. The summed E-state index contributed by atoms with van der Waals surface area (Å²) < 4.78 is 33.5. The van der Waals surface area contributed by atoms with Gasteiger partial charge in [-0.05, 0) is 54.6 Å². The maximum atomic E-state index is 13.5. The Bertz CT molecular complexity index is 1320. The number of hydrogen-bond acceptors (Lipinski definition) is 6. The summed E-state index contributed by atoms with van der Waals surface area (Å²) in [6.07, 6.45) is -0.661. The molecular weight excluding hydrogens is 506 g/mol. The fourth-order valence-electron chi connectivity index (χ4n) is 4.74. The monoisotopic (exact) mass is 540 g/mol. The maximum absolute atomic E-state index is 13.5. The molecule has 3 aromatic rings. The van der Waals surface area contributed by atoms with Gasteiger partial charge in [0, 0.05) is 38.2 Å². The lowest BCUT2D eigenvalue weighted by Gasteiger charge is -2.32. The quantitative estimate of drug-likeness (QED) is 0.316. The molecule has 0 atom stereocenters. The van der Waals surface area contributed by atoms with Gasteiger partial charge in [0.1, 0.15) is 5.75 Å². The van der Waals surface area contributed by atoms with E-state index in [2.05, 4.69) is 39.6 Å². The Hall–Kier alpha value is -3.35. The summed E-state index contributed by atoms with van der Waals surface area (Å²) in [6.45, 7) is 5.67. The van der Waals surface area contributed by atoms with Gasteiger partial charge in [-0.25, -0.2) is 8.78 Å². The number of ether oxygens (including phenoxy) is 1. The molecule has 6 nitrogen and oxygen atoms in total. The van der Waals surface area contributed by atoms with Crippen LogP contribution in [-0.4, -0.2) is 63.6 Å². The zero-order valence-electron chi connectivity index (χ0n) is 22.0. The van der Waals surface area contributed by atoms with E-state index in [1.54, 1.807) is 25.2 Å². The van der Waals surface area contributed by atoms with E-state index >= 15 is 0 Å². The molecule has 1 amide bonds. The molecule has 202 valence electrons. The lowest BCUT2D eigenvalue weighted by atomic mass is 10.0. The van der Waals surface area contributed by atoms with Gasteiger partial charge in [0.2, 0.25) is 6.43 Å². The highest BCUT2D eigenvalue weighted by molar-refractivity contribution is 7.20. The van der Waals surface area contributed by atoms with Crippen LogP contribution in [0.5, 0.6) is 5.75 Å². The second kappa shape index (κ2) is 12.9. The normalized spacial score (nSPS) is 14.3. The van der Waals surface area contributed by atoms with Crippen LogP contribution in [0.15, 0.2) is 36.4 Å². The van der Waals surface area contributed by atoms with Crippen molar-refractivity contribution in [2.45, 2.75) is 38.7 Å². The number of hydrogen-bond donors (Lipinski definition) is 3. The fourth-order valence-corrected chi connectivity index (χ4v) is 5.92. The van der Waals surface area contributed by atoms with Gasteiger partial charge in [-0.3, -0.25) is 4.79 Å². The zero-order chi connectivity index (χ0) is 27.1. The first-order valence-corrected chi connectivity index (χ1v) is 13.7. The standard InChI is InChI=1S/C29H34F2N4O2S/c1-4-35-15-12-20(13-16-35)34-24-8-5-7-21-22(18-27(30)31)26(38-28(21)24)9-6-14-33-23-11-10-19(29(36)32-2)17-25(23)37-3/h5,7-8,10-11,17,20,27,33-34H,4,12-16,18H2,1-3H3,(H,32,36). The van der Waals surface area contributed by atoms with E-state index in [1.165, 1.54) is 18.4 Å². The van der Waals surface area contributed by atoms with Crippen LogP contribution in [0.2, 0.25) is 0 Å². The Labute approximate surface area is 226 Å². The van der Waals surface area contributed by atoms with Crippen LogP contribution in [0.25, 0.3) is 10.1 Å². The molecule has 1 fully saturated rings. The number of carbonyl (C=O) groups is 1. The van der Waals surface area contributed by atoms with Gasteiger partial charge in [-0.2, -0.15) is 0 Å². The first kappa shape index (κ1) is 27.7. The van der Waals surface area contributed by atoms with Gasteiger partial charge in [0.05, 0.1) is 34.6 Å². The van der Waals surface area contributed by atoms with Crippen LogP contribution in [0.3, 0.4) is 0 Å². The molecule has 2 aromatic carbocycles. The lowest BCUT2D eigenvalue weighted by Crippen LogP contribution is -2.38. The lowest BCUT2D eigenvalue weighted by molar-refractivity contribution is 0.0962. The summed E-state index contributed by atoms with van der Waals surface area (Å²) in [6, 6.07) is 11.4. The molecule has 38 heavy (non-hydrogen) atoms. The molecule has 9 heteroatoms. The number of alkyl halides is 2. The third-order valence-electron chi connectivity index (χ3n) is 6.83. The molecule has 0 saturated carbocycles. The molecule has 0 radical (unpaired) electrons. The predicted octanol–water partition coefficient (Wildman–Crippen LogP) is 5.44. The van der Waals surface area contributed by atoms with Crippen molar-refractivity contribution >= 4 is 38.7 Å². The molecule has 1 aromatic heterocycles. The van der Waals surface area contributed by atoms with Crippen LogP contribution in [0.1, 0.15) is 40.6 Å². The molecule has 4 rings (SSSR count). The average molecular weight is 541 g/mol. The highest BCUT2D eigenvalue weighted by Gasteiger charge is 2.21. The Morgan fingerprint density at radius 3 is 2.68 bits per heavy atom. The van der Waals surface area contributed by atoms with Gasteiger partial charge < -0.3 is 25.6 Å². The highest BCUT2D eigenvalue weighted by Crippen LogP contribution is 2.38. The summed E-state index contributed by atoms with van der Waals surface area (Å²) in [5, 5.41) is 10.3. The predicted molar refractivity (Wildman–Crippen MR) is 152 cm³/mol. The number of fused-ring (bicyclic) bond motifs is 1. The van der Waals surface area contributed by atoms with Crippen LogP contribution < -0.4 is 20.7 Å². The molecule has 2 heterocycles. The molecular formula is C29H34F2N4O2S. The minimum atomic E-state index is -2.45. The van der Waals surface area contributed by atoms with Crippen molar-refractivity contribution in [3.05, 3.63) is 52.4 Å². The van der Waals surface area contributed by atoms with Crippen molar-refractivity contribution in [2.75, 3.05) is 51.0 Å². The zero-order valence-corrected chi connectivity index (χ0v) is 22.8. The number of anilines is 2. The number of methoxy groups -OCH3 is 1. The number of thiophene rings is 1. The average Bonchev–Trinajstić information content (AvgIpc) is 3.28. The first-order valence-electron chi connectivity index (χ1n) is 12.9. The van der Waals surface area contributed by atoms with Crippen molar-refractivity contribution in [1.82, 2.24) is 10.2 Å². The summed E-state index contributed by atoms with van der Waals surface area (Å²) in [5.41, 5.74) is 2.77. The van der Waals surface area contributed by atoms with E-state index in [0.717, 1.165) is 48.2 Å². The summed E-state index contributed by atoms with van der Waals surface area (Å²) in [4.78, 5) is 15.0. The number of benzene rings is 2. The van der Waals surface area contributed by atoms with Crippen molar-refractivity contribution in [3.8, 4) is 17.6 Å². The number of nitrogens with zero attached hydrogens (tertiary/aromatic N) is 1. The molecule has 0 spiro atoms. The number of halogens is 2. The highest BCUT2D eigenvalue weighted by atomic mass is 32.1. The van der Waals surface area contributed by atoms with Gasteiger partial charge in [-0.15, -0.1) is 11.3 Å². The minimum absolute atomic E-state index is 0.203. The smallest absolute Gasteiger partial charge is 0.251 e. The largest absolute Gasteiger partial charge is 0.495 e. The molecule has 3 N–H and O–H groups in total. The van der Waals surface area contributed by atoms with Crippen LogP contribution in [0.4, 0.5) is 20.2 Å². The second-order valence-corrected chi connectivity index (χ2v) is 10.2. The number of rotatable bonds is 9. The Morgan fingerprint density at radius 2 is 2.00 bits per heavy atom. The van der Waals surface area contributed by atoms with E-state index in [1.807, 2.05) is 18.2 Å². The Morgan fingerprint density at radius 1 is 1.21 bits per heavy atom. The van der Waals surface area contributed by atoms with Crippen molar-refractivity contribution in [2.24, 2.45) is 0 Å². The Kier molecular flexibility index (Phi) is 9.43. The molecule has 1 aliphatic heterocycles. The molecule has 0 bridgehead atoms. The van der Waals surface area contributed by atoms with Gasteiger partial charge in [0.25, 0.3) is 5.91 Å². The third-order valence-corrected chi connectivity index (χ3v) is 8.03. The van der Waals surface area contributed by atoms with E-state index in [9.17, 15) is 13.6 Å². The van der Waals surface area contributed by atoms with Crippen molar-refractivity contribution in [1.29, 1.82) is 0 Å². The van der Waals surface area contributed by atoms with E-state index in [-0.39, 0.29) is 12.3 Å². The Balaban J connectivity index is 1.54. The number of amides is 1. The summed E-state index contributed by atoms with van der Waals surface area (Å²) in [5.74, 6) is 6.53. The van der Waals surface area contributed by atoms with Gasteiger partial charge >= 0.3 is 0 Å². The topological polar surface area (TPSA) is 65.6 Å². The van der Waals surface area contributed by atoms with Gasteiger partial charge in [-0.1, -0.05) is 30.9 Å². The fraction of sp³-hybridized carbons (Fsp3) is 0.414. The second-order valence-electron chi connectivity index (χ2n) is 9.19.